The van der Waals surface area contributed by atoms with Crippen LogP contribution in [0, 0.1) is 19.3 Å². The van der Waals surface area contributed by atoms with Crippen LogP contribution in [-0.2, 0) is 0 Å². The zero-order valence-electron chi connectivity index (χ0n) is 12.6. The SMILES string of the molecule is C#Cc1ccc(C2CCCN2C(=O)c2cccc(C)n2)cc1. The predicted octanol–water partition coefficient (Wildman–Crippen LogP) is 3.35. The molecule has 2 aromatic rings. The maximum absolute atomic E-state index is 12.7. The normalized spacial score (nSPS) is 17.3. The van der Waals surface area contributed by atoms with E-state index in [0.717, 1.165) is 36.2 Å². The van der Waals surface area contributed by atoms with Gasteiger partial charge in [0.05, 0.1) is 6.04 Å². The highest BCUT2D eigenvalue weighted by Crippen LogP contribution is 2.33. The number of benzene rings is 1. The molecule has 1 saturated heterocycles. The summed E-state index contributed by atoms with van der Waals surface area (Å²) in [7, 11) is 0. The van der Waals surface area contributed by atoms with E-state index in [9.17, 15) is 4.79 Å². The van der Waals surface area contributed by atoms with Gasteiger partial charge in [0.15, 0.2) is 0 Å². The van der Waals surface area contributed by atoms with E-state index in [0.29, 0.717) is 5.69 Å². The summed E-state index contributed by atoms with van der Waals surface area (Å²) in [5.74, 6) is 2.63. The molecule has 3 heteroatoms. The van der Waals surface area contributed by atoms with Gasteiger partial charge < -0.3 is 4.90 Å². The zero-order chi connectivity index (χ0) is 15.5. The van der Waals surface area contributed by atoms with Crippen molar-refractivity contribution in [2.75, 3.05) is 6.54 Å². The van der Waals surface area contributed by atoms with Crippen LogP contribution in [0.1, 0.15) is 46.2 Å². The summed E-state index contributed by atoms with van der Waals surface area (Å²) in [5, 5.41) is 0. The maximum Gasteiger partial charge on any atom is 0.272 e. The monoisotopic (exact) mass is 290 g/mol. The molecule has 110 valence electrons. The molecule has 0 aliphatic carbocycles. The van der Waals surface area contributed by atoms with Crippen molar-refractivity contribution in [2.45, 2.75) is 25.8 Å². The van der Waals surface area contributed by atoms with Crippen molar-refractivity contribution in [1.82, 2.24) is 9.88 Å². The number of carbonyl (C=O) groups excluding carboxylic acids is 1. The Morgan fingerprint density at radius 3 is 2.73 bits per heavy atom. The standard InChI is InChI=1S/C19H18N2O/c1-3-15-9-11-16(12-10-15)18-8-5-13-21(18)19(22)17-7-4-6-14(2)20-17/h1,4,6-7,9-12,18H,5,8,13H2,2H3. The number of terminal acetylenes is 1. The lowest BCUT2D eigenvalue weighted by Gasteiger charge is -2.25. The fourth-order valence-electron chi connectivity index (χ4n) is 2.97. The quantitative estimate of drug-likeness (QED) is 0.795. The third kappa shape index (κ3) is 2.73. The van der Waals surface area contributed by atoms with Crippen molar-refractivity contribution < 1.29 is 4.79 Å². The fraction of sp³-hybridized carbons (Fsp3) is 0.263. The molecule has 0 radical (unpaired) electrons. The fourth-order valence-corrected chi connectivity index (χ4v) is 2.97. The smallest absolute Gasteiger partial charge is 0.272 e. The van der Waals surface area contributed by atoms with Crippen molar-refractivity contribution in [2.24, 2.45) is 0 Å². The molecule has 3 nitrogen and oxygen atoms in total. The first-order valence-electron chi connectivity index (χ1n) is 7.50. The highest BCUT2D eigenvalue weighted by Gasteiger charge is 2.31. The molecule has 1 fully saturated rings. The van der Waals surface area contributed by atoms with Gasteiger partial charge in [-0.05, 0) is 49.6 Å². The summed E-state index contributed by atoms with van der Waals surface area (Å²) < 4.78 is 0. The van der Waals surface area contributed by atoms with Crippen LogP contribution in [0.25, 0.3) is 0 Å². The minimum absolute atomic E-state index is 0.00669. The molecular formula is C19H18N2O. The highest BCUT2D eigenvalue weighted by molar-refractivity contribution is 5.92. The van der Waals surface area contributed by atoms with E-state index in [-0.39, 0.29) is 11.9 Å². The lowest BCUT2D eigenvalue weighted by molar-refractivity contribution is 0.0729. The number of pyridine rings is 1. The summed E-state index contributed by atoms with van der Waals surface area (Å²) in [6.45, 7) is 2.67. The molecule has 1 aromatic heterocycles. The number of nitrogens with zero attached hydrogens (tertiary/aromatic N) is 2. The van der Waals surface area contributed by atoms with Crippen LogP contribution in [0.4, 0.5) is 0 Å². The second-order valence-corrected chi connectivity index (χ2v) is 5.59. The van der Waals surface area contributed by atoms with E-state index in [2.05, 4.69) is 10.9 Å². The Bertz CT molecular complexity index is 728. The van der Waals surface area contributed by atoms with Crippen molar-refractivity contribution in [1.29, 1.82) is 0 Å². The molecule has 1 aliphatic heterocycles. The lowest BCUT2D eigenvalue weighted by Crippen LogP contribution is -2.31. The van der Waals surface area contributed by atoms with Gasteiger partial charge in [-0.25, -0.2) is 4.98 Å². The van der Waals surface area contributed by atoms with Crippen LogP contribution in [0.2, 0.25) is 0 Å². The van der Waals surface area contributed by atoms with E-state index in [1.165, 1.54) is 0 Å². The van der Waals surface area contributed by atoms with E-state index in [1.54, 1.807) is 6.07 Å². The first-order valence-corrected chi connectivity index (χ1v) is 7.50. The van der Waals surface area contributed by atoms with Gasteiger partial charge >= 0.3 is 0 Å². The second kappa shape index (κ2) is 6.03. The summed E-state index contributed by atoms with van der Waals surface area (Å²) in [4.78, 5) is 19.0. The first-order chi connectivity index (χ1) is 10.7. The van der Waals surface area contributed by atoms with Crippen LogP contribution >= 0.6 is 0 Å². The van der Waals surface area contributed by atoms with Crippen molar-refractivity contribution >= 4 is 5.91 Å². The van der Waals surface area contributed by atoms with Crippen LogP contribution in [-0.4, -0.2) is 22.3 Å². The molecule has 1 atom stereocenters. The number of aryl methyl sites for hydroxylation is 1. The van der Waals surface area contributed by atoms with Crippen molar-refractivity contribution in [3.63, 3.8) is 0 Å². The summed E-state index contributed by atoms with van der Waals surface area (Å²) in [5.41, 5.74) is 3.38. The molecule has 2 heterocycles. The third-order valence-electron chi connectivity index (χ3n) is 4.08. The van der Waals surface area contributed by atoms with Gasteiger partial charge in [0.25, 0.3) is 5.91 Å². The van der Waals surface area contributed by atoms with Gasteiger partial charge in [-0.15, -0.1) is 6.42 Å². The highest BCUT2D eigenvalue weighted by atomic mass is 16.2. The van der Waals surface area contributed by atoms with Crippen LogP contribution in [0.3, 0.4) is 0 Å². The number of amides is 1. The summed E-state index contributed by atoms with van der Waals surface area (Å²) in [6, 6.07) is 13.6. The van der Waals surface area contributed by atoms with Crippen LogP contribution in [0.5, 0.6) is 0 Å². The molecule has 0 bridgehead atoms. The Balaban J connectivity index is 1.86. The van der Waals surface area contributed by atoms with Gasteiger partial charge in [0.1, 0.15) is 5.69 Å². The van der Waals surface area contributed by atoms with Gasteiger partial charge in [0.2, 0.25) is 0 Å². The minimum atomic E-state index is 0.00669. The Morgan fingerprint density at radius 2 is 2.05 bits per heavy atom. The van der Waals surface area contributed by atoms with Gasteiger partial charge in [-0.1, -0.05) is 24.1 Å². The summed E-state index contributed by atoms with van der Waals surface area (Å²) in [6.07, 6.45) is 7.39. The first kappa shape index (κ1) is 14.3. The van der Waals surface area contributed by atoms with E-state index in [1.807, 2.05) is 48.2 Å². The number of aromatic nitrogens is 1. The Kier molecular flexibility index (Phi) is 3.93. The predicted molar refractivity (Wildman–Crippen MR) is 86.4 cm³/mol. The van der Waals surface area contributed by atoms with Gasteiger partial charge in [0, 0.05) is 17.8 Å². The number of likely N-dealkylation sites (tertiary alicyclic amines) is 1. The molecule has 1 amide bonds. The molecule has 22 heavy (non-hydrogen) atoms. The lowest BCUT2D eigenvalue weighted by atomic mass is 10.0. The number of carbonyl (C=O) groups is 1. The molecule has 0 saturated carbocycles. The number of hydrogen-bond acceptors (Lipinski definition) is 2. The van der Waals surface area contributed by atoms with E-state index < -0.39 is 0 Å². The Morgan fingerprint density at radius 1 is 1.27 bits per heavy atom. The average molecular weight is 290 g/mol. The summed E-state index contributed by atoms with van der Waals surface area (Å²) >= 11 is 0. The molecule has 1 aliphatic rings. The van der Waals surface area contributed by atoms with E-state index in [4.69, 9.17) is 6.42 Å². The average Bonchev–Trinajstić information content (AvgIpc) is 3.04. The van der Waals surface area contributed by atoms with Crippen LogP contribution in [0.15, 0.2) is 42.5 Å². The number of hydrogen-bond donors (Lipinski definition) is 0. The third-order valence-corrected chi connectivity index (χ3v) is 4.08. The molecule has 0 spiro atoms. The molecule has 0 N–H and O–H groups in total. The van der Waals surface area contributed by atoms with E-state index >= 15 is 0 Å². The zero-order valence-corrected chi connectivity index (χ0v) is 12.6. The maximum atomic E-state index is 12.7. The van der Waals surface area contributed by atoms with Crippen molar-refractivity contribution in [3.8, 4) is 12.3 Å². The van der Waals surface area contributed by atoms with Gasteiger partial charge in [-0.3, -0.25) is 4.79 Å². The molecule has 1 aromatic carbocycles. The Labute approximate surface area is 131 Å². The topological polar surface area (TPSA) is 33.2 Å². The van der Waals surface area contributed by atoms with Crippen LogP contribution < -0.4 is 0 Å². The molecule has 1 unspecified atom stereocenters. The Hall–Kier alpha value is -2.60. The largest absolute Gasteiger partial charge is 0.330 e. The molecular weight excluding hydrogens is 272 g/mol. The second-order valence-electron chi connectivity index (χ2n) is 5.59. The van der Waals surface area contributed by atoms with Gasteiger partial charge in [-0.2, -0.15) is 0 Å². The minimum Gasteiger partial charge on any atom is -0.330 e. The van der Waals surface area contributed by atoms with Crippen molar-refractivity contribution in [3.05, 3.63) is 65.0 Å². The molecule has 3 rings (SSSR count). The number of rotatable bonds is 2.